The van der Waals surface area contributed by atoms with Crippen molar-refractivity contribution in [3.8, 4) is 11.5 Å². The Morgan fingerprint density at radius 2 is 1.92 bits per heavy atom. The van der Waals surface area contributed by atoms with Gasteiger partial charge in [-0.15, -0.1) is 5.10 Å². The standard InChI is InChI=1S/C18H25N5O2/c1-13-6-8-23(9-7-13)17-12-20-22-18(21-17)19-11-14-4-5-15(24-2)16(10-14)25-3/h4-5,10,12-13H,6-9,11H2,1-3H3,(H,19,21,22). The molecule has 0 atom stereocenters. The number of aromatic nitrogens is 3. The van der Waals surface area contributed by atoms with Crippen molar-refractivity contribution in [2.45, 2.75) is 26.3 Å². The van der Waals surface area contributed by atoms with Crippen LogP contribution in [-0.2, 0) is 6.54 Å². The predicted octanol–water partition coefficient (Wildman–Crippen LogP) is 2.74. The van der Waals surface area contributed by atoms with Crippen LogP contribution in [0.4, 0.5) is 11.8 Å². The summed E-state index contributed by atoms with van der Waals surface area (Å²) in [7, 11) is 3.26. The van der Waals surface area contributed by atoms with Crippen LogP contribution in [0.5, 0.6) is 11.5 Å². The average molecular weight is 343 g/mol. The fourth-order valence-electron chi connectivity index (χ4n) is 2.93. The van der Waals surface area contributed by atoms with Crippen molar-refractivity contribution in [3.63, 3.8) is 0 Å². The number of nitrogens with zero attached hydrogens (tertiary/aromatic N) is 4. The van der Waals surface area contributed by atoms with Crippen molar-refractivity contribution in [1.29, 1.82) is 0 Å². The average Bonchev–Trinajstić information content (AvgIpc) is 2.67. The molecule has 0 amide bonds. The van der Waals surface area contributed by atoms with Crippen LogP contribution in [0.1, 0.15) is 25.3 Å². The third kappa shape index (κ3) is 4.29. The molecule has 25 heavy (non-hydrogen) atoms. The molecule has 2 heterocycles. The van der Waals surface area contributed by atoms with Gasteiger partial charge in [0.05, 0.1) is 20.4 Å². The highest BCUT2D eigenvalue weighted by Gasteiger charge is 2.17. The lowest BCUT2D eigenvalue weighted by Crippen LogP contribution is -2.33. The number of piperidine rings is 1. The molecule has 2 aromatic rings. The van der Waals surface area contributed by atoms with Gasteiger partial charge < -0.3 is 19.7 Å². The number of hydrogen-bond acceptors (Lipinski definition) is 7. The molecule has 1 aliphatic rings. The fourth-order valence-corrected chi connectivity index (χ4v) is 2.93. The molecule has 3 rings (SSSR count). The minimum absolute atomic E-state index is 0.533. The first-order chi connectivity index (χ1) is 12.2. The van der Waals surface area contributed by atoms with E-state index in [9.17, 15) is 0 Å². The van der Waals surface area contributed by atoms with Gasteiger partial charge in [0.15, 0.2) is 17.3 Å². The third-order valence-corrected chi connectivity index (χ3v) is 4.55. The predicted molar refractivity (Wildman–Crippen MR) is 97.3 cm³/mol. The monoisotopic (exact) mass is 343 g/mol. The molecule has 1 aromatic heterocycles. The van der Waals surface area contributed by atoms with Gasteiger partial charge in [-0.3, -0.25) is 0 Å². The number of rotatable bonds is 6. The van der Waals surface area contributed by atoms with Crippen molar-refractivity contribution in [2.24, 2.45) is 5.92 Å². The molecule has 1 N–H and O–H groups in total. The van der Waals surface area contributed by atoms with Crippen LogP contribution in [0.25, 0.3) is 0 Å². The van der Waals surface area contributed by atoms with Crippen LogP contribution in [0.2, 0.25) is 0 Å². The Hall–Kier alpha value is -2.57. The van der Waals surface area contributed by atoms with E-state index in [-0.39, 0.29) is 0 Å². The van der Waals surface area contributed by atoms with E-state index < -0.39 is 0 Å². The largest absolute Gasteiger partial charge is 0.493 e. The summed E-state index contributed by atoms with van der Waals surface area (Å²) in [5, 5.41) is 11.4. The molecule has 134 valence electrons. The van der Waals surface area contributed by atoms with E-state index in [2.05, 4.69) is 32.3 Å². The van der Waals surface area contributed by atoms with E-state index in [1.54, 1.807) is 20.4 Å². The molecule has 1 aromatic carbocycles. The van der Waals surface area contributed by atoms with E-state index >= 15 is 0 Å². The lowest BCUT2D eigenvalue weighted by Gasteiger charge is -2.30. The maximum Gasteiger partial charge on any atom is 0.244 e. The van der Waals surface area contributed by atoms with Crippen molar-refractivity contribution in [2.75, 3.05) is 37.5 Å². The minimum Gasteiger partial charge on any atom is -0.493 e. The van der Waals surface area contributed by atoms with Gasteiger partial charge in [-0.05, 0) is 36.5 Å². The molecule has 7 nitrogen and oxygen atoms in total. The Morgan fingerprint density at radius 3 is 2.64 bits per heavy atom. The highest BCUT2D eigenvalue weighted by molar-refractivity contribution is 5.44. The van der Waals surface area contributed by atoms with Gasteiger partial charge in [0.25, 0.3) is 0 Å². The van der Waals surface area contributed by atoms with Crippen LogP contribution >= 0.6 is 0 Å². The number of nitrogens with one attached hydrogen (secondary N) is 1. The van der Waals surface area contributed by atoms with Crippen molar-refractivity contribution in [1.82, 2.24) is 15.2 Å². The zero-order valence-corrected chi connectivity index (χ0v) is 15.0. The van der Waals surface area contributed by atoms with Gasteiger partial charge >= 0.3 is 0 Å². The quantitative estimate of drug-likeness (QED) is 0.864. The fraction of sp³-hybridized carbons (Fsp3) is 0.500. The smallest absolute Gasteiger partial charge is 0.244 e. The summed E-state index contributed by atoms with van der Waals surface area (Å²) in [4.78, 5) is 6.87. The molecule has 7 heteroatoms. The lowest BCUT2D eigenvalue weighted by atomic mass is 9.99. The Morgan fingerprint density at radius 1 is 1.16 bits per heavy atom. The molecule has 1 aliphatic heterocycles. The molecule has 1 saturated heterocycles. The molecule has 0 unspecified atom stereocenters. The van der Waals surface area contributed by atoms with Crippen LogP contribution in [0, 0.1) is 5.92 Å². The summed E-state index contributed by atoms with van der Waals surface area (Å²) in [6.45, 7) is 4.93. The van der Waals surface area contributed by atoms with E-state index in [0.29, 0.717) is 24.0 Å². The number of hydrogen-bond donors (Lipinski definition) is 1. The van der Waals surface area contributed by atoms with Gasteiger partial charge in [-0.2, -0.15) is 10.1 Å². The van der Waals surface area contributed by atoms with Crippen molar-refractivity contribution < 1.29 is 9.47 Å². The van der Waals surface area contributed by atoms with Crippen molar-refractivity contribution in [3.05, 3.63) is 30.0 Å². The maximum atomic E-state index is 5.33. The summed E-state index contributed by atoms with van der Waals surface area (Å²) >= 11 is 0. The number of methoxy groups -OCH3 is 2. The van der Waals surface area contributed by atoms with E-state index in [1.165, 1.54) is 12.8 Å². The first kappa shape index (κ1) is 17.3. The second-order valence-electron chi connectivity index (χ2n) is 6.35. The van der Waals surface area contributed by atoms with Gasteiger partial charge in [-0.1, -0.05) is 13.0 Å². The SMILES string of the molecule is COc1ccc(CNc2nncc(N3CCC(C)CC3)n2)cc1OC. The Bertz CT molecular complexity index is 702. The molecule has 0 spiro atoms. The topological polar surface area (TPSA) is 72.4 Å². The summed E-state index contributed by atoms with van der Waals surface area (Å²) in [5.41, 5.74) is 1.05. The van der Waals surface area contributed by atoms with Crippen LogP contribution in [-0.4, -0.2) is 42.5 Å². The lowest BCUT2D eigenvalue weighted by molar-refractivity contribution is 0.354. The number of benzene rings is 1. The van der Waals surface area contributed by atoms with Crippen molar-refractivity contribution >= 4 is 11.8 Å². The number of ether oxygens (including phenoxy) is 2. The van der Waals surface area contributed by atoms with E-state index in [1.807, 2.05) is 18.2 Å². The first-order valence-corrected chi connectivity index (χ1v) is 8.59. The molecule has 1 fully saturated rings. The van der Waals surface area contributed by atoms with Crippen LogP contribution < -0.4 is 19.7 Å². The second-order valence-corrected chi connectivity index (χ2v) is 6.35. The molecular formula is C18H25N5O2. The van der Waals surface area contributed by atoms with Gasteiger partial charge in [0, 0.05) is 19.6 Å². The third-order valence-electron chi connectivity index (χ3n) is 4.55. The van der Waals surface area contributed by atoms with E-state index in [0.717, 1.165) is 30.4 Å². The molecule has 0 radical (unpaired) electrons. The molecule has 0 bridgehead atoms. The summed E-state index contributed by atoms with van der Waals surface area (Å²) in [6.07, 6.45) is 4.12. The maximum absolute atomic E-state index is 5.33. The summed E-state index contributed by atoms with van der Waals surface area (Å²) in [6, 6.07) is 5.81. The van der Waals surface area contributed by atoms with Crippen LogP contribution in [0.3, 0.4) is 0 Å². The Labute approximate surface area is 148 Å². The van der Waals surface area contributed by atoms with Gasteiger partial charge in [0.2, 0.25) is 5.95 Å². The summed E-state index contributed by atoms with van der Waals surface area (Å²) in [5.74, 6) is 3.62. The summed E-state index contributed by atoms with van der Waals surface area (Å²) < 4.78 is 10.6. The molecule has 0 aliphatic carbocycles. The first-order valence-electron chi connectivity index (χ1n) is 8.59. The molecule has 0 saturated carbocycles. The number of anilines is 2. The highest BCUT2D eigenvalue weighted by atomic mass is 16.5. The van der Waals surface area contributed by atoms with Gasteiger partial charge in [-0.25, -0.2) is 0 Å². The van der Waals surface area contributed by atoms with Gasteiger partial charge in [0.1, 0.15) is 0 Å². The Balaban J connectivity index is 1.64. The molecular weight excluding hydrogens is 318 g/mol. The highest BCUT2D eigenvalue weighted by Crippen LogP contribution is 2.27. The Kier molecular flexibility index (Phi) is 5.53. The second kappa shape index (κ2) is 8.00. The zero-order valence-electron chi connectivity index (χ0n) is 15.0. The van der Waals surface area contributed by atoms with Crippen LogP contribution in [0.15, 0.2) is 24.4 Å². The minimum atomic E-state index is 0.533. The zero-order chi connectivity index (χ0) is 17.6. The van der Waals surface area contributed by atoms with E-state index in [4.69, 9.17) is 9.47 Å². The normalized spacial score (nSPS) is 15.1.